The van der Waals surface area contributed by atoms with E-state index in [0.29, 0.717) is 0 Å². The third-order valence-electron chi connectivity index (χ3n) is 15.2. The summed E-state index contributed by atoms with van der Waals surface area (Å²) in [5, 5.41) is 244. The minimum atomic E-state index is -3.48. The van der Waals surface area contributed by atoms with Gasteiger partial charge in [0.05, 0.1) is 70.5 Å². The Morgan fingerprint density at radius 3 is 1.25 bits per heavy atom. The summed E-state index contributed by atoms with van der Waals surface area (Å²) in [6.45, 7) is -6.09. The van der Waals surface area contributed by atoms with Gasteiger partial charge < -0.3 is 176 Å². The Balaban J connectivity index is 1.62. The summed E-state index contributed by atoms with van der Waals surface area (Å²) >= 11 is 0. The summed E-state index contributed by atoms with van der Waals surface area (Å²) < 4.78 is 58.2. The van der Waals surface area contributed by atoms with E-state index < -0.39 is 278 Å². The van der Waals surface area contributed by atoms with Gasteiger partial charge in [-0.2, -0.15) is 0 Å². The lowest BCUT2D eigenvalue weighted by atomic mass is 9.88. The molecule has 3 amide bonds. The minimum absolute atomic E-state index is 0.850. The molecule has 5 saturated heterocycles. The smallest absolute Gasteiger partial charge is 0.364 e. The summed E-state index contributed by atoms with van der Waals surface area (Å²) in [6.07, 6.45) is -62.4. The third kappa shape index (κ3) is 16.7. The van der Waals surface area contributed by atoms with Gasteiger partial charge in [0.1, 0.15) is 134 Å². The van der Waals surface area contributed by atoms with E-state index in [2.05, 4.69) is 16.0 Å². The van der Waals surface area contributed by atoms with Crippen molar-refractivity contribution in [3.63, 3.8) is 0 Å². The number of carbonyl (C=O) groups excluding carboxylic acids is 3. The molecular weight excluding hydrogens is 1210 g/mol. The van der Waals surface area contributed by atoms with Gasteiger partial charge in [-0.15, -0.1) is 0 Å². The monoisotopic (exact) mass is 1290 g/mol. The number of aliphatic carboxylic acids is 2. The number of amides is 3. The Kier molecular flexibility index (Phi) is 27.3. The van der Waals surface area contributed by atoms with E-state index in [1.165, 1.54) is 0 Å². The number of aliphatic hydroxyl groups excluding tert-OH is 20. The Bertz CT molecular complexity index is 2270. The molecule has 40 heteroatoms. The molecule has 0 spiro atoms. The van der Waals surface area contributed by atoms with Crippen molar-refractivity contribution >= 4 is 29.7 Å². The van der Waals surface area contributed by atoms with Crippen molar-refractivity contribution < 1.29 is 184 Å². The van der Waals surface area contributed by atoms with Crippen LogP contribution in [0.3, 0.4) is 0 Å². The van der Waals surface area contributed by atoms with Crippen molar-refractivity contribution in [2.45, 2.75) is 223 Å². The van der Waals surface area contributed by atoms with Crippen molar-refractivity contribution in [3.05, 3.63) is 0 Å². The van der Waals surface area contributed by atoms with E-state index >= 15 is 0 Å². The number of nitrogens with one attached hydrogen (secondary N) is 3. The molecule has 0 aliphatic carbocycles. The van der Waals surface area contributed by atoms with Crippen molar-refractivity contribution in [3.8, 4) is 0 Å². The highest BCUT2D eigenvalue weighted by atomic mass is 16.8. The van der Waals surface area contributed by atoms with Crippen LogP contribution in [-0.2, 0) is 71.3 Å². The molecule has 0 radical (unpaired) electrons. The number of hydrogen-bond donors (Lipinski definition) is 25. The maximum atomic E-state index is 13.6. The predicted molar refractivity (Wildman–Crippen MR) is 271 cm³/mol. The third-order valence-corrected chi connectivity index (χ3v) is 15.2. The van der Waals surface area contributed by atoms with Gasteiger partial charge in [0, 0.05) is 33.6 Å². The summed E-state index contributed by atoms with van der Waals surface area (Å²) in [7, 11) is 0. The zero-order chi connectivity index (χ0) is 66.2. The first kappa shape index (κ1) is 74.9. The fraction of sp³-hybridized carbons (Fsp3) is 0.896. The number of hydrogen-bond acceptors (Lipinski definition) is 35. The van der Waals surface area contributed by atoms with Gasteiger partial charge in [-0.1, -0.05) is 0 Å². The molecule has 0 aromatic rings. The van der Waals surface area contributed by atoms with Gasteiger partial charge >= 0.3 is 11.9 Å². The lowest BCUT2D eigenvalue weighted by Gasteiger charge is -2.52. The van der Waals surface area contributed by atoms with Gasteiger partial charge in [-0.3, -0.25) is 14.4 Å². The van der Waals surface area contributed by atoms with E-state index in [1.54, 1.807) is 0 Å². The quantitative estimate of drug-likeness (QED) is 0.0331. The summed E-state index contributed by atoms with van der Waals surface area (Å²) in [6, 6.07) is -5.70. The molecule has 0 unspecified atom stereocenters. The molecule has 5 aliphatic rings. The second-order valence-electron chi connectivity index (χ2n) is 21.6. The molecule has 0 aromatic carbocycles. The average molecular weight is 1290 g/mol. The molecule has 88 heavy (non-hydrogen) atoms. The Morgan fingerprint density at radius 1 is 0.466 bits per heavy atom. The highest BCUT2D eigenvalue weighted by Gasteiger charge is 2.64. The standard InChI is InChI=1S/C48H81N3O37/c1-13(59)49-25-16(62)4-47(45(75)76,85-38(25)29(69)19(65)7-53)87-40-32(72)23(11-57)80-43(33(40)73)84-37-27(51-15(3)61)42(79-22(10-56)31(37)71)83-36-24(12-58)81-44(82-35(21(67)9-55)28(68)18(64)6-52)34(74)41(36)88-48(46(77)78)5-17(63)26(50-14(2)60)39(86-48)30(70)20(66)8-54/h16-44,52-58,62-74H,4-12H2,1-3H3,(H,49,59)(H,50,60)(H,51,61)(H,75,76)(H,77,78)/t16-,17-,18-,19+,20+,21+,22+,23+,24+,25+,26+,27+,28+,29+,30+,31-,32-,33+,34+,35+,36-,37+,38+,39+,40-,41+,42-,43-,44-,47-,48-/m0/s1. The van der Waals surface area contributed by atoms with Gasteiger partial charge in [-0.05, 0) is 0 Å². The summed E-state index contributed by atoms with van der Waals surface area (Å²) in [4.78, 5) is 64.4. The van der Waals surface area contributed by atoms with Crippen LogP contribution >= 0.6 is 0 Å². The van der Waals surface area contributed by atoms with Crippen LogP contribution < -0.4 is 16.0 Å². The number of carboxylic acids is 2. The molecular formula is C48H81N3O37. The molecule has 5 heterocycles. The van der Waals surface area contributed by atoms with E-state index in [9.17, 15) is 136 Å². The van der Waals surface area contributed by atoms with E-state index in [0.717, 1.165) is 20.8 Å². The number of rotatable bonds is 29. The van der Waals surface area contributed by atoms with Gasteiger partial charge in [0.15, 0.2) is 18.9 Å². The molecule has 25 N–H and O–H groups in total. The van der Waals surface area contributed by atoms with Gasteiger partial charge in [0.25, 0.3) is 11.6 Å². The molecule has 0 saturated carbocycles. The van der Waals surface area contributed by atoms with Crippen LogP contribution in [0.4, 0.5) is 0 Å². The molecule has 0 bridgehead atoms. The fourth-order valence-electron chi connectivity index (χ4n) is 10.7. The largest absolute Gasteiger partial charge is 0.477 e. The van der Waals surface area contributed by atoms with Crippen molar-refractivity contribution in [1.82, 2.24) is 16.0 Å². The minimum Gasteiger partial charge on any atom is -0.477 e. The highest BCUT2D eigenvalue weighted by Crippen LogP contribution is 2.42. The number of aliphatic hydroxyl groups is 20. The van der Waals surface area contributed by atoms with Crippen molar-refractivity contribution in [1.29, 1.82) is 0 Å². The average Bonchev–Trinajstić information content (AvgIpc) is 1.80. The first-order valence-electron chi connectivity index (χ1n) is 27.3. The van der Waals surface area contributed by atoms with E-state index in [4.69, 9.17) is 47.4 Å². The van der Waals surface area contributed by atoms with E-state index in [1.807, 2.05) is 0 Å². The predicted octanol–water partition coefficient (Wildman–Crippen LogP) is -15.6. The van der Waals surface area contributed by atoms with Gasteiger partial charge in [0.2, 0.25) is 17.7 Å². The Morgan fingerprint density at radius 2 is 0.841 bits per heavy atom. The molecule has 31 atom stereocenters. The first-order valence-corrected chi connectivity index (χ1v) is 27.3. The SMILES string of the molecule is CC(=O)N[C@H]1[C@H](O[C@@H]2[C@H](O[C@]3(C(=O)O)C[C@H](O)[C@@H](NC(C)=O)[C@H]([C@H](O)[C@H](O)CO)O3)[C@@H](O)[C@H](O[C@@H]([C@H](O)[C@@H](O)CO)[C@H](O)CO)O[C@@H]2CO)O[C@H](CO)[C@H](O)[C@@H]1O[C@@H]1O[C@H](CO)[C@H](O)[C@H](O[C@]2(C(=O)O)C[C@H](O)[C@@H](NC(C)=O)[C@H]([C@H](O)[C@H](O)CO)O2)[C@H]1O. The van der Waals surface area contributed by atoms with Gasteiger partial charge in [-0.25, -0.2) is 9.59 Å². The number of ether oxygens (including phenoxy) is 10. The van der Waals surface area contributed by atoms with E-state index in [-0.39, 0.29) is 0 Å². The van der Waals surface area contributed by atoms with Crippen LogP contribution in [0.25, 0.3) is 0 Å². The molecule has 5 rings (SSSR count). The lowest BCUT2D eigenvalue weighted by molar-refractivity contribution is -0.400. The number of carbonyl (C=O) groups is 5. The summed E-state index contributed by atoms with van der Waals surface area (Å²) in [5.74, 6) is -14.1. The van der Waals surface area contributed by atoms with Crippen LogP contribution in [-0.4, -0.2) is 377 Å². The molecule has 40 nitrogen and oxygen atoms in total. The topological polar surface area (TPSA) is 659 Å². The maximum Gasteiger partial charge on any atom is 0.364 e. The van der Waals surface area contributed by atoms with Crippen molar-refractivity contribution in [2.24, 2.45) is 0 Å². The summed E-state index contributed by atoms with van der Waals surface area (Å²) in [5.41, 5.74) is 0. The molecule has 5 fully saturated rings. The normalized spacial score (nSPS) is 40.8. The zero-order valence-corrected chi connectivity index (χ0v) is 47.1. The van der Waals surface area contributed by atoms with Crippen LogP contribution in [0.15, 0.2) is 0 Å². The van der Waals surface area contributed by atoms with Crippen LogP contribution in [0.2, 0.25) is 0 Å². The Labute approximate surface area is 497 Å². The lowest BCUT2D eigenvalue weighted by Crippen LogP contribution is -2.72. The number of carboxylic acid groups (broad SMARTS) is 2. The Hall–Kier alpha value is -3.85. The molecule has 0 aromatic heterocycles. The highest BCUT2D eigenvalue weighted by molar-refractivity contribution is 5.77. The molecule has 5 aliphatic heterocycles. The zero-order valence-electron chi connectivity index (χ0n) is 47.1. The fourth-order valence-corrected chi connectivity index (χ4v) is 10.7. The van der Waals surface area contributed by atoms with Crippen molar-refractivity contribution in [2.75, 3.05) is 46.2 Å². The first-order chi connectivity index (χ1) is 41.2. The van der Waals surface area contributed by atoms with Crippen LogP contribution in [0.1, 0.15) is 33.6 Å². The maximum absolute atomic E-state index is 13.6. The second-order valence-corrected chi connectivity index (χ2v) is 21.6. The molecule has 510 valence electrons. The van der Waals surface area contributed by atoms with Crippen LogP contribution in [0, 0.1) is 0 Å². The van der Waals surface area contributed by atoms with Crippen LogP contribution in [0.5, 0.6) is 0 Å². The second kappa shape index (κ2) is 32.1.